The van der Waals surface area contributed by atoms with Crippen molar-refractivity contribution in [3.05, 3.63) is 92.4 Å². The van der Waals surface area contributed by atoms with Gasteiger partial charge in [0.2, 0.25) is 0 Å². The predicted octanol–water partition coefficient (Wildman–Crippen LogP) is 6.38. The number of aliphatic hydroxyl groups is 1. The summed E-state index contributed by atoms with van der Waals surface area (Å²) in [5, 5.41) is 22.2. The molecule has 1 aliphatic rings. The van der Waals surface area contributed by atoms with Crippen LogP contribution in [0.25, 0.3) is 5.76 Å². The van der Waals surface area contributed by atoms with Gasteiger partial charge in [0.05, 0.1) is 23.2 Å². The molecule has 9 heteroatoms. The second kappa shape index (κ2) is 9.58. The summed E-state index contributed by atoms with van der Waals surface area (Å²) in [6, 6.07) is 14.0. The van der Waals surface area contributed by atoms with Crippen LogP contribution in [0.2, 0.25) is 15.1 Å². The van der Waals surface area contributed by atoms with E-state index in [9.17, 15) is 19.8 Å². The molecule has 1 heterocycles. The van der Waals surface area contributed by atoms with Crippen molar-refractivity contribution in [3.63, 3.8) is 0 Å². The number of Topliss-reactive ketones (excluding diaryl/α,β-unsaturated/α-hetero) is 1. The number of phenolic OH excluding ortho intramolecular Hbond substituents is 1. The Morgan fingerprint density at radius 2 is 1.71 bits per heavy atom. The molecule has 1 saturated heterocycles. The van der Waals surface area contributed by atoms with Gasteiger partial charge in [0, 0.05) is 21.3 Å². The number of amides is 1. The molecule has 0 radical (unpaired) electrons. The predicted molar refractivity (Wildman–Crippen MR) is 132 cm³/mol. The summed E-state index contributed by atoms with van der Waals surface area (Å²) in [7, 11) is 0. The number of phenols is 1. The number of ketones is 1. The second-order valence-electron chi connectivity index (χ2n) is 7.47. The Morgan fingerprint density at radius 1 is 1.00 bits per heavy atom. The maximum Gasteiger partial charge on any atom is 0.300 e. The van der Waals surface area contributed by atoms with Crippen molar-refractivity contribution in [3.8, 4) is 11.5 Å². The van der Waals surface area contributed by atoms with Gasteiger partial charge in [0.25, 0.3) is 11.7 Å². The maximum absolute atomic E-state index is 13.2. The van der Waals surface area contributed by atoms with E-state index in [1.807, 2.05) is 0 Å². The van der Waals surface area contributed by atoms with Crippen LogP contribution in [0.1, 0.15) is 24.1 Å². The molecule has 0 aromatic heterocycles. The van der Waals surface area contributed by atoms with Crippen LogP contribution < -0.4 is 9.64 Å². The Morgan fingerprint density at radius 3 is 2.35 bits per heavy atom. The van der Waals surface area contributed by atoms with E-state index in [2.05, 4.69) is 0 Å². The van der Waals surface area contributed by atoms with Crippen LogP contribution in [0.3, 0.4) is 0 Å². The number of aliphatic hydroxyl groups excluding tert-OH is 1. The van der Waals surface area contributed by atoms with Crippen molar-refractivity contribution in [2.45, 2.75) is 13.0 Å². The van der Waals surface area contributed by atoms with Gasteiger partial charge in [-0.3, -0.25) is 14.5 Å². The van der Waals surface area contributed by atoms with Gasteiger partial charge >= 0.3 is 0 Å². The maximum atomic E-state index is 13.2. The van der Waals surface area contributed by atoms with Crippen molar-refractivity contribution >= 4 is 57.9 Å². The summed E-state index contributed by atoms with van der Waals surface area (Å²) in [6.07, 6.45) is 0. The zero-order valence-corrected chi connectivity index (χ0v) is 20.0. The van der Waals surface area contributed by atoms with E-state index in [-0.39, 0.29) is 32.6 Å². The summed E-state index contributed by atoms with van der Waals surface area (Å²) in [5.74, 6) is -1.96. The molecule has 3 aromatic carbocycles. The molecule has 1 aliphatic heterocycles. The average Bonchev–Trinajstić information content (AvgIpc) is 3.05. The van der Waals surface area contributed by atoms with Gasteiger partial charge in [-0.05, 0) is 61.0 Å². The van der Waals surface area contributed by atoms with Gasteiger partial charge in [-0.2, -0.15) is 0 Å². The molecule has 0 spiro atoms. The Kier molecular flexibility index (Phi) is 6.75. The van der Waals surface area contributed by atoms with Crippen LogP contribution in [0.15, 0.2) is 66.2 Å². The molecular weight excluding hydrogens is 501 g/mol. The van der Waals surface area contributed by atoms with Crippen molar-refractivity contribution in [2.75, 3.05) is 11.5 Å². The summed E-state index contributed by atoms with van der Waals surface area (Å²) < 4.78 is 5.49. The van der Waals surface area contributed by atoms with Gasteiger partial charge < -0.3 is 14.9 Å². The number of nitrogens with zero attached hydrogens (tertiary/aromatic N) is 1. The fourth-order valence-corrected chi connectivity index (χ4v) is 4.55. The monoisotopic (exact) mass is 517 g/mol. The molecular formula is C25H18Cl3NO5. The SMILES string of the molecule is CCOc1cc(/C(O)=C2\C(=O)C(=O)N(c3cc(Cl)cc(Cl)c3)C2c2cccc(O)c2)ccc1Cl. The van der Waals surface area contributed by atoms with Crippen molar-refractivity contribution in [1.82, 2.24) is 0 Å². The highest BCUT2D eigenvalue weighted by atomic mass is 35.5. The zero-order valence-electron chi connectivity index (χ0n) is 17.8. The molecule has 2 N–H and O–H groups in total. The molecule has 6 nitrogen and oxygen atoms in total. The van der Waals surface area contributed by atoms with Crippen molar-refractivity contribution in [1.29, 1.82) is 0 Å². The third-order valence-electron chi connectivity index (χ3n) is 5.26. The van der Waals surface area contributed by atoms with Crippen LogP contribution in [0.5, 0.6) is 11.5 Å². The summed E-state index contributed by atoms with van der Waals surface area (Å²) in [5.41, 5.74) is 0.727. The highest BCUT2D eigenvalue weighted by Gasteiger charge is 2.47. The van der Waals surface area contributed by atoms with Crippen LogP contribution in [-0.2, 0) is 9.59 Å². The highest BCUT2D eigenvalue weighted by Crippen LogP contribution is 2.44. The van der Waals surface area contributed by atoms with Gasteiger partial charge in [-0.25, -0.2) is 0 Å². The number of benzene rings is 3. The van der Waals surface area contributed by atoms with E-state index in [4.69, 9.17) is 39.5 Å². The topological polar surface area (TPSA) is 87.1 Å². The van der Waals surface area contributed by atoms with E-state index in [1.54, 1.807) is 19.1 Å². The number of carbonyl (C=O) groups is 2. The number of rotatable bonds is 5. The number of carbonyl (C=O) groups excluding carboxylic acids is 2. The minimum absolute atomic E-state index is 0.0719. The first-order valence-electron chi connectivity index (χ1n) is 10.2. The Labute approximate surface area is 210 Å². The van der Waals surface area contributed by atoms with Crippen LogP contribution in [0, 0.1) is 0 Å². The van der Waals surface area contributed by atoms with E-state index in [0.717, 1.165) is 0 Å². The van der Waals surface area contributed by atoms with Crippen molar-refractivity contribution < 1.29 is 24.5 Å². The number of ether oxygens (including phenoxy) is 1. The lowest BCUT2D eigenvalue weighted by Crippen LogP contribution is -2.29. The lowest BCUT2D eigenvalue weighted by Gasteiger charge is -2.26. The third kappa shape index (κ3) is 4.44. The number of anilines is 1. The highest BCUT2D eigenvalue weighted by molar-refractivity contribution is 6.52. The van der Waals surface area contributed by atoms with E-state index in [1.165, 1.54) is 53.4 Å². The van der Waals surface area contributed by atoms with Gasteiger partial charge in [0.1, 0.15) is 17.3 Å². The second-order valence-corrected chi connectivity index (χ2v) is 8.75. The molecule has 174 valence electrons. The standard InChI is InChI=1S/C25H18Cl3NO5/c1-2-34-20-9-14(6-7-19(20)28)23(31)21-22(13-4-3-5-18(30)8-13)29(25(33)24(21)32)17-11-15(26)10-16(27)12-17/h3-12,22,30-31H,2H2,1H3/b23-21+. The molecule has 1 atom stereocenters. The van der Waals surface area contributed by atoms with Gasteiger partial charge in [-0.1, -0.05) is 46.9 Å². The fourth-order valence-electron chi connectivity index (χ4n) is 3.86. The van der Waals surface area contributed by atoms with Crippen LogP contribution >= 0.6 is 34.8 Å². The molecule has 34 heavy (non-hydrogen) atoms. The third-order valence-corrected chi connectivity index (χ3v) is 6.01. The van der Waals surface area contributed by atoms with E-state index < -0.39 is 23.5 Å². The van der Waals surface area contributed by atoms with Gasteiger partial charge in [-0.15, -0.1) is 0 Å². The van der Waals surface area contributed by atoms with Gasteiger partial charge in [0.15, 0.2) is 0 Å². The number of hydrogen-bond donors (Lipinski definition) is 2. The number of aromatic hydroxyl groups is 1. The summed E-state index contributed by atoms with van der Waals surface area (Å²) in [6.45, 7) is 2.12. The molecule has 0 bridgehead atoms. The molecule has 0 aliphatic carbocycles. The minimum Gasteiger partial charge on any atom is -0.508 e. The smallest absolute Gasteiger partial charge is 0.300 e. The normalized spacial score (nSPS) is 17.3. The van der Waals surface area contributed by atoms with Crippen LogP contribution in [0.4, 0.5) is 5.69 Å². The summed E-state index contributed by atoms with van der Waals surface area (Å²) in [4.78, 5) is 27.6. The van der Waals surface area contributed by atoms with Crippen molar-refractivity contribution in [2.24, 2.45) is 0 Å². The first-order chi connectivity index (χ1) is 16.2. The first kappa shape index (κ1) is 24.0. The Bertz CT molecular complexity index is 1320. The molecule has 0 saturated carbocycles. The minimum atomic E-state index is -1.06. The van der Waals surface area contributed by atoms with E-state index in [0.29, 0.717) is 22.9 Å². The molecule has 1 amide bonds. The quantitative estimate of drug-likeness (QED) is 0.233. The fraction of sp³-hybridized carbons (Fsp3) is 0.120. The number of halogens is 3. The lowest BCUT2D eigenvalue weighted by molar-refractivity contribution is -0.132. The Balaban J connectivity index is 1.96. The molecule has 1 fully saturated rings. The van der Waals surface area contributed by atoms with E-state index >= 15 is 0 Å². The first-order valence-corrected chi connectivity index (χ1v) is 11.3. The molecule has 1 unspecified atom stereocenters. The number of hydrogen-bond acceptors (Lipinski definition) is 5. The largest absolute Gasteiger partial charge is 0.508 e. The lowest BCUT2D eigenvalue weighted by atomic mass is 9.95. The van der Waals surface area contributed by atoms with Crippen LogP contribution in [-0.4, -0.2) is 28.5 Å². The Hall–Kier alpha value is -3.19. The molecule has 4 rings (SSSR count). The summed E-state index contributed by atoms with van der Waals surface area (Å²) >= 11 is 18.5. The molecule has 3 aromatic rings. The zero-order chi connectivity index (χ0) is 24.6. The average molecular weight is 519 g/mol.